The number of aromatic nitrogens is 1. The van der Waals surface area contributed by atoms with Crippen molar-refractivity contribution in [1.82, 2.24) is 5.16 Å². The Morgan fingerprint density at radius 3 is 2.72 bits per heavy atom. The summed E-state index contributed by atoms with van der Waals surface area (Å²) in [6.45, 7) is 3.75. The first kappa shape index (κ1) is 12.8. The lowest BCUT2D eigenvalue weighted by Gasteiger charge is -2.02. The van der Waals surface area contributed by atoms with Crippen LogP contribution in [0.1, 0.15) is 35.9 Å². The molecular formula is C13H12BrNO3. The van der Waals surface area contributed by atoms with Crippen molar-refractivity contribution in [2.75, 3.05) is 0 Å². The number of carboxylic acid groups (broad SMARTS) is 1. The lowest BCUT2D eigenvalue weighted by molar-refractivity contribution is 0.0694. The summed E-state index contributed by atoms with van der Waals surface area (Å²) in [5, 5.41) is 13.2. The fourth-order valence-electron chi connectivity index (χ4n) is 1.74. The van der Waals surface area contributed by atoms with Gasteiger partial charge in [-0.2, -0.15) is 0 Å². The molecule has 94 valence electrons. The van der Waals surface area contributed by atoms with Crippen LogP contribution in [0, 0.1) is 0 Å². The second kappa shape index (κ2) is 4.94. The molecule has 0 aliphatic carbocycles. The number of rotatable bonds is 3. The van der Waals surface area contributed by atoms with Crippen LogP contribution in [0.15, 0.2) is 33.3 Å². The maximum atomic E-state index is 11.4. The number of aromatic carboxylic acids is 1. The largest absolute Gasteiger partial charge is 0.477 e. The Hall–Kier alpha value is -1.62. The van der Waals surface area contributed by atoms with Crippen LogP contribution in [0.2, 0.25) is 0 Å². The van der Waals surface area contributed by atoms with Crippen LogP contribution in [-0.2, 0) is 0 Å². The van der Waals surface area contributed by atoms with E-state index in [-0.39, 0.29) is 11.5 Å². The number of hydrogen-bond donors (Lipinski definition) is 1. The Morgan fingerprint density at radius 2 is 2.17 bits per heavy atom. The van der Waals surface area contributed by atoms with E-state index in [0.29, 0.717) is 11.5 Å². The predicted octanol–water partition coefficient (Wildman–Crippen LogP) is 3.93. The van der Waals surface area contributed by atoms with Crippen molar-refractivity contribution in [1.29, 1.82) is 0 Å². The van der Waals surface area contributed by atoms with Crippen molar-refractivity contribution in [3.63, 3.8) is 0 Å². The summed E-state index contributed by atoms with van der Waals surface area (Å²) in [6.07, 6.45) is 0. The number of carbonyl (C=O) groups is 1. The summed E-state index contributed by atoms with van der Waals surface area (Å²) < 4.78 is 6.03. The van der Waals surface area contributed by atoms with Gasteiger partial charge in [0.15, 0.2) is 5.76 Å². The van der Waals surface area contributed by atoms with Crippen molar-refractivity contribution in [3.05, 3.63) is 40.1 Å². The minimum atomic E-state index is -1.02. The molecule has 0 unspecified atom stereocenters. The lowest BCUT2D eigenvalue weighted by atomic mass is 10.0. The van der Waals surface area contributed by atoms with Crippen LogP contribution in [0.4, 0.5) is 0 Å². The molecule has 0 saturated heterocycles. The highest BCUT2D eigenvalue weighted by molar-refractivity contribution is 9.10. The third kappa shape index (κ3) is 2.31. The van der Waals surface area contributed by atoms with Crippen LogP contribution >= 0.6 is 15.9 Å². The third-order valence-electron chi connectivity index (χ3n) is 2.55. The summed E-state index contributed by atoms with van der Waals surface area (Å²) >= 11 is 3.35. The molecule has 0 aliphatic heterocycles. The molecule has 0 saturated carbocycles. The number of benzene rings is 1. The predicted molar refractivity (Wildman–Crippen MR) is 70.7 cm³/mol. The molecule has 1 aromatic heterocycles. The highest BCUT2D eigenvalue weighted by atomic mass is 79.9. The monoisotopic (exact) mass is 309 g/mol. The van der Waals surface area contributed by atoms with Gasteiger partial charge in [-0.3, -0.25) is 0 Å². The van der Waals surface area contributed by atoms with Crippen molar-refractivity contribution < 1.29 is 14.4 Å². The Balaban J connectivity index is 2.62. The van der Waals surface area contributed by atoms with E-state index >= 15 is 0 Å². The molecule has 1 heterocycles. The van der Waals surface area contributed by atoms with Gasteiger partial charge >= 0.3 is 5.97 Å². The molecule has 1 N–H and O–H groups in total. The van der Waals surface area contributed by atoms with Gasteiger partial charge < -0.3 is 9.63 Å². The third-order valence-corrected chi connectivity index (χ3v) is 3.05. The van der Waals surface area contributed by atoms with Crippen LogP contribution in [0.3, 0.4) is 0 Å². The lowest BCUT2D eigenvalue weighted by Crippen LogP contribution is -2.02. The summed E-state index contributed by atoms with van der Waals surface area (Å²) in [5.74, 6) is -0.642. The second-order valence-electron chi connectivity index (χ2n) is 4.24. The van der Waals surface area contributed by atoms with Gasteiger partial charge in [-0.15, -0.1) is 0 Å². The Morgan fingerprint density at radius 1 is 1.44 bits per heavy atom. The van der Waals surface area contributed by atoms with E-state index in [1.165, 1.54) is 0 Å². The zero-order valence-corrected chi connectivity index (χ0v) is 11.6. The van der Waals surface area contributed by atoms with E-state index in [4.69, 9.17) is 4.52 Å². The van der Waals surface area contributed by atoms with Gasteiger partial charge in [0.2, 0.25) is 0 Å². The van der Waals surface area contributed by atoms with E-state index < -0.39 is 5.97 Å². The van der Waals surface area contributed by atoms with Gasteiger partial charge in [-0.25, -0.2) is 4.79 Å². The molecule has 0 amide bonds. The topological polar surface area (TPSA) is 63.3 Å². The molecule has 0 aliphatic rings. The first-order valence-corrected chi connectivity index (χ1v) is 6.28. The Labute approximate surface area is 113 Å². The van der Waals surface area contributed by atoms with E-state index in [1.807, 2.05) is 32.0 Å². The molecule has 5 heteroatoms. The van der Waals surface area contributed by atoms with Gasteiger partial charge in [0.05, 0.1) is 0 Å². The van der Waals surface area contributed by atoms with Gasteiger partial charge in [-0.1, -0.05) is 47.1 Å². The molecule has 2 aromatic rings. The van der Waals surface area contributed by atoms with Crippen molar-refractivity contribution in [2.45, 2.75) is 19.8 Å². The molecule has 0 bridgehead atoms. The minimum Gasteiger partial charge on any atom is -0.477 e. The Bertz CT molecular complexity index is 590. The van der Waals surface area contributed by atoms with Gasteiger partial charge in [-0.05, 0) is 12.1 Å². The van der Waals surface area contributed by atoms with E-state index in [1.54, 1.807) is 6.07 Å². The molecule has 0 spiro atoms. The van der Waals surface area contributed by atoms with E-state index in [0.717, 1.165) is 10.0 Å². The van der Waals surface area contributed by atoms with Gasteiger partial charge in [0, 0.05) is 16.0 Å². The Kier molecular flexibility index (Phi) is 3.52. The average Bonchev–Trinajstić information content (AvgIpc) is 2.73. The number of hydrogen-bond acceptors (Lipinski definition) is 3. The van der Waals surface area contributed by atoms with Gasteiger partial charge in [0.25, 0.3) is 0 Å². The highest BCUT2D eigenvalue weighted by Gasteiger charge is 2.25. The molecule has 1 aromatic carbocycles. The number of nitrogens with zero attached hydrogens (tertiary/aromatic N) is 1. The highest BCUT2D eigenvalue weighted by Crippen LogP contribution is 2.30. The molecule has 4 nitrogen and oxygen atoms in total. The minimum absolute atomic E-state index is 0.0236. The number of halogens is 1. The van der Waals surface area contributed by atoms with Crippen LogP contribution in [0.25, 0.3) is 11.3 Å². The SMILES string of the molecule is CC(C)c1onc(-c2cccc(Br)c2)c1C(=O)O. The van der Waals surface area contributed by atoms with Crippen molar-refractivity contribution in [2.24, 2.45) is 0 Å². The summed E-state index contributed by atoms with van der Waals surface area (Å²) in [7, 11) is 0. The van der Waals surface area contributed by atoms with E-state index in [9.17, 15) is 9.90 Å². The van der Waals surface area contributed by atoms with Crippen LogP contribution in [0.5, 0.6) is 0 Å². The zero-order chi connectivity index (χ0) is 13.3. The van der Waals surface area contributed by atoms with Crippen LogP contribution < -0.4 is 0 Å². The van der Waals surface area contributed by atoms with Crippen LogP contribution in [-0.4, -0.2) is 16.2 Å². The number of carboxylic acids is 1. The normalized spacial score (nSPS) is 10.9. The van der Waals surface area contributed by atoms with Crippen molar-refractivity contribution >= 4 is 21.9 Å². The van der Waals surface area contributed by atoms with Crippen molar-refractivity contribution in [3.8, 4) is 11.3 Å². The standard InChI is InChI=1S/C13H12BrNO3/c1-7(2)12-10(13(16)17)11(15-18-12)8-4-3-5-9(14)6-8/h3-7H,1-2H3,(H,16,17). The maximum Gasteiger partial charge on any atom is 0.341 e. The molecule has 0 fully saturated rings. The molecule has 2 rings (SSSR count). The second-order valence-corrected chi connectivity index (χ2v) is 5.16. The smallest absolute Gasteiger partial charge is 0.341 e. The fourth-order valence-corrected chi connectivity index (χ4v) is 2.14. The molecular weight excluding hydrogens is 298 g/mol. The van der Waals surface area contributed by atoms with Gasteiger partial charge in [0.1, 0.15) is 11.3 Å². The zero-order valence-electron chi connectivity index (χ0n) is 9.98. The molecule has 0 radical (unpaired) electrons. The van der Waals surface area contributed by atoms with E-state index in [2.05, 4.69) is 21.1 Å². The fraction of sp³-hybridized carbons (Fsp3) is 0.231. The average molecular weight is 310 g/mol. The molecule has 0 atom stereocenters. The first-order chi connectivity index (χ1) is 8.50. The first-order valence-electron chi connectivity index (χ1n) is 5.49. The summed E-state index contributed by atoms with van der Waals surface area (Å²) in [4.78, 5) is 11.4. The molecule has 18 heavy (non-hydrogen) atoms. The summed E-state index contributed by atoms with van der Waals surface area (Å²) in [5.41, 5.74) is 1.23. The maximum absolute atomic E-state index is 11.4. The quantitative estimate of drug-likeness (QED) is 0.933. The summed E-state index contributed by atoms with van der Waals surface area (Å²) in [6, 6.07) is 7.32.